The molecule has 5 heteroatoms. The zero-order valence-corrected chi connectivity index (χ0v) is 25.1. The van der Waals surface area contributed by atoms with Crippen molar-refractivity contribution >= 4 is 32.8 Å². The number of aryl methyl sites for hydroxylation is 2. The quantitative estimate of drug-likeness (QED) is 0.135. The van der Waals surface area contributed by atoms with Crippen LogP contribution in [0.15, 0.2) is 89.7 Å². The maximum absolute atomic E-state index is 8.58. The monoisotopic (exact) mass is 722 g/mol. The van der Waals surface area contributed by atoms with Crippen LogP contribution in [0.1, 0.15) is 48.4 Å². The molecule has 3 aromatic carbocycles. The molecule has 41 heavy (non-hydrogen) atoms. The summed E-state index contributed by atoms with van der Waals surface area (Å²) in [7, 11) is 0. The van der Waals surface area contributed by atoms with Crippen molar-refractivity contribution in [2.75, 3.05) is 0 Å². The molecule has 4 aromatic heterocycles. The van der Waals surface area contributed by atoms with Gasteiger partial charge in [0.25, 0.3) is 0 Å². The molecule has 0 atom stereocenters. The van der Waals surface area contributed by atoms with Gasteiger partial charge in [-0.15, -0.1) is 47.5 Å². The predicted octanol–water partition coefficient (Wildman–Crippen LogP) is 9.19. The summed E-state index contributed by atoms with van der Waals surface area (Å²) in [6.45, 7) is 1.36. The van der Waals surface area contributed by atoms with Crippen molar-refractivity contribution in [2.45, 2.75) is 40.8 Å². The van der Waals surface area contributed by atoms with Crippen molar-refractivity contribution in [3.8, 4) is 22.5 Å². The fourth-order valence-corrected chi connectivity index (χ4v) is 4.64. The summed E-state index contributed by atoms with van der Waals surface area (Å²) < 4.78 is 66.8. The number of hydrogen-bond acceptors (Lipinski definition) is 4. The van der Waals surface area contributed by atoms with Gasteiger partial charge in [-0.25, -0.2) is 0 Å². The fraction of sp³-hybridized carbons (Fsp3) is 0.194. The second-order valence-corrected chi connectivity index (χ2v) is 10.6. The molecule has 7 rings (SSSR count). The molecule has 0 aliphatic carbocycles. The summed E-state index contributed by atoms with van der Waals surface area (Å²) in [5.41, 5.74) is 5.38. The van der Waals surface area contributed by atoms with Gasteiger partial charge in [0.1, 0.15) is 5.58 Å². The van der Waals surface area contributed by atoms with E-state index in [1.165, 1.54) is 24.4 Å². The Kier molecular flexibility index (Phi) is 5.63. The molecule has 0 unspecified atom stereocenters. The Balaban J connectivity index is 0.000000199. The second kappa shape index (κ2) is 11.5. The van der Waals surface area contributed by atoms with Crippen LogP contribution >= 0.6 is 0 Å². The molecule has 207 valence electrons. The van der Waals surface area contributed by atoms with E-state index in [0.717, 1.165) is 38.4 Å². The van der Waals surface area contributed by atoms with Crippen molar-refractivity contribution in [3.63, 3.8) is 0 Å². The minimum Gasteiger partial charge on any atom is -0.500 e. The third-order valence-electron chi connectivity index (χ3n) is 6.32. The molecule has 4 heterocycles. The first kappa shape index (κ1) is 20.0. The van der Waals surface area contributed by atoms with Gasteiger partial charge in [0.2, 0.25) is 0 Å². The number of rotatable bonds is 3. The van der Waals surface area contributed by atoms with Crippen LogP contribution in [0, 0.1) is 31.3 Å². The Hall–Kier alpha value is -3.92. The van der Waals surface area contributed by atoms with Gasteiger partial charge in [-0.2, -0.15) is 0 Å². The van der Waals surface area contributed by atoms with E-state index < -0.39 is 25.5 Å². The molecule has 0 spiro atoms. The Bertz CT molecular complexity index is 2160. The van der Waals surface area contributed by atoms with E-state index >= 15 is 0 Å². The number of pyridine rings is 3. The SMILES string of the molecule is [2H]C([2H])([2H])c1c[c-]c(-c2ccc(C([2H])([2H])[2H])cn2)cc1.[2H]C([2H])(c1ccnc(-c2[c-]cc3oc4cccc5cnc2c3c54)c1)C(C)(C)C.[Ir]. The molecule has 0 bridgehead atoms. The van der Waals surface area contributed by atoms with Crippen molar-refractivity contribution in [2.24, 2.45) is 5.41 Å². The maximum atomic E-state index is 8.58. The second-order valence-electron chi connectivity index (χ2n) is 10.6. The van der Waals surface area contributed by atoms with Crippen molar-refractivity contribution in [1.82, 2.24) is 15.0 Å². The van der Waals surface area contributed by atoms with Crippen LogP contribution < -0.4 is 0 Å². The topological polar surface area (TPSA) is 51.8 Å². The zero-order chi connectivity index (χ0) is 34.6. The van der Waals surface area contributed by atoms with Gasteiger partial charge < -0.3 is 19.4 Å². The number of aromatic nitrogens is 3. The number of furan rings is 1. The molecular formula is C36H31IrN3O-2. The average Bonchev–Trinajstić information content (AvgIpc) is 3.43. The van der Waals surface area contributed by atoms with Gasteiger partial charge in [-0.1, -0.05) is 69.1 Å². The van der Waals surface area contributed by atoms with E-state index in [4.69, 9.17) is 15.4 Å². The summed E-state index contributed by atoms with van der Waals surface area (Å²) in [4.78, 5) is 13.3. The van der Waals surface area contributed by atoms with E-state index in [2.05, 4.69) is 27.1 Å². The zero-order valence-electron chi connectivity index (χ0n) is 30.7. The fourth-order valence-electron chi connectivity index (χ4n) is 4.64. The van der Waals surface area contributed by atoms with Crippen LogP contribution in [0.5, 0.6) is 0 Å². The Morgan fingerprint density at radius 1 is 0.829 bits per heavy atom. The standard InChI is InChI=1S/C23H19N2O.C13H12N.Ir/c1-23(2,3)12-14-9-10-24-17(11-14)16-7-8-19-21-20-15(13-25-22(16)21)5-4-6-18(20)26-19;1-10-3-6-12(7-4-10)13-8-5-11(2)9-14-13;/h4-6,8-11,13H,12H2,1-3H3;3-6,8-9H,1-2H3;/q2*-1;/i12D2;1D3,2D3;. The van der Waals surface area contributed by atoms with E-state index in [0.29, 0.717) is 22.5 Å². The predicted molar refractivity (Wildman–Crippen MR) is 163 cm³/mol. The molecule has 0 fully saturated rings. The first-order valence-corrected chi connectivity index (χ1v) is 12.9. The van der Waals surface area contributed by atoms with Crippen LogP contribution in [-0.2, 0) is 26.5 Å². The third kappa shape index (κ3) is 6.07. The molecule has 0 saturated carbocycles. The summed E-state index contributed by atoms with van der Waals surface area (Å²) >= 11 is 0. The number of hydrogen-bond donors (Lipinski definition) is 0. The van der Waals surface area contributed by atoms with Crippen molar-refractivity contribution < 1.29 is 35.5 Å². The molecule has 0 saturated heterocycles. The van der Waals surface area contributed by atoms with Crippen LogP contribution in [-0.4, -0.2) is 15.0 Å². The van der Waals surface area contributed by atoms with E-state index in [1.807, 2.05) is 57.3 Å². The Morgan fingerprint density at radius 2 is 1.68 bits per heavy atom. The van der Waals surface area contributed by atoms with Gasteiger partial charge in [-0.3, -0.25) is 0 Å². The summed E-state index contributed by atoms with van der Waals surface area (Å²) in [6, 6.07) is 25.0. The van der Waals surface area contributed by atoms with E-state index in [1.54, 1.807) is 24.4 Å². The number of nitrogens with zero attached hydrogens (tertiary/aromatic N) is 3. The van der Waals surface area contributed by atoms with E-state index in [-0.39, 0.29) is 31.2 Å². The molecule has 7 aromatic rings. The van der Waals surface area contributed by atoms with Crippen LogP contribution in [0.4, 0.5) is 0 Å². The first-order chi connectivity index (χ1) is 22.4. The summed E-state index contributed by atoms with van der Waals surface area (Å²) in [5.74, 6) is 0. The molecule has 0 aliphatic heterocycles. The molecular weight excluding hydrogens is 683 g/mol. The van der Waals surface area contributed by atoms with Crippen LogP contribution in [0.3, 0.4) is 0 Å². The molecule has 0 N–H and O–H groups in total. The largest absolute Gasteiger partial charge is 0.500 e. The van der Waals surface area contributed by atoms with E-state index in [9.17, 15) is 0 Å². The molecule has 1 radical (unpaired) electrons. The molecule has 0 amide bonds. The van der Waals surface area contributed by atoms with Gasteiger partial charge in [0.05, 0.1) is 5.58 Å². The van der Waals surface area contributed by atoms with Crippen molar-refractivity contribution in [3.05, 3.63) is 114 Å². The minimum absolute atomic E-state index is 0. The van der Waals surface area contributed by atoms with Gasteiger partial charge in [-0.05, 0) is 58.6 Å². The summed E-state index contributed by atoms with van der Waals surface area (Å²) in [5, 5.41) is 3.05. The summed E-state index contributed by atoms with van der Waals surface area (Å²) in [6.07, 6.45) is 3.30. The first-order valence-electron chi connectivity index (χ1n) is 16.9. The van der Waals surface area contributed by atoms with Gasteiger partial charge in [0, 0.05) is 60.4 Å². The van der Waals surface area contributed by atoms with Gasteiger partial charge >= 0.3 is 0 Å². The smallest absolute Gasteiger partial charge is 0.121 e. The molecule has 0 aliphatic rings. The Morgan fingerprint density at radius 3 is 2.41 bits per heavy atom. The molecule has 4 nitrogen and oxygen atoms in total. The minimum atomic E-state index is -2.18. The average molecular weight is 722 g/mol. The van der Waals surface area contributed by atoms with Crippen LogP contribution in [0.2, 0.25) is 0 Å². The van der Waals surface area contributed by atoms with Crippen LogP contribution in [0.25, 0.3) is 55.4 Å². The van der Waals surface area contributed by atoms with Gasteiger partial charge in [0.15, 0.2) is 0 Å². The maximum Gasteiger partial charge on any atom is 0.121 e. The van der Waals surface area contributed by atoms with Crippen molar-refractivity contribution in [1.29, 1.82) is 0 Å². The number of benzene rings is 3. The third-order valence-corrected chi connectivity index (χ3v) is 6.32. The Labute approximate surface area is 265 Å². The normalized spacial score (nSPS) is 15.3.